The third-order valence-electron chi connectivity index (χ3n) is 3.16. The van der Waals surface area contributed by atoms with Gasteiger partial charge in [-0.05, 0) is 23.6 Å². The Labute approximate surface area is 93.2 Å². The molecule has 4 heteroatoms. The van der Waals surface area contributed by atoms with Crippen LogP contribution in [0.25, 0.3) is 0 Å². The summed E-state index contributed by atoms with van der Waals surface area (Å²) in [6.07, 6.45) is 1.23. The van der Waals surface area contributed by atoms with Crippen LogP contribution in [0.15, 0.2) is 18.2 Å². The zero-order chi connectivity index (χ0) is 11.1. The van der Waals surface area contributed by atoms with Gasteiger partial charge in [0.15, 0.2) is 0 Å². The van der Waals surface area contributed by atoms with Gasteiger partial charge in [0.05, 0.1) is 6.61 Å². The highest BCUT2D eigenvalue weighted by Crippen LogP contribution is 2.42. The zero-order valence-electron chi connectivity index (χ0n) is 8.77. The van der Waals surface area contributed by atoms with E-state index in [-0.39, 0.29) is 24.7 Å². The molecule has 1 saturated heterocycles. The molecule has 1 amide bonds. The summed E-state index contributed by atoms with van der Waals surface area (Å²) in [7, 11) is 0. The van der Waals surface area contributed by atoms with Crippen molar-refractivity contribution in [2.24, 2.45) is 0 Å². The SMILES string of the molecule is O=C1CCc2c(cccc2C2OC2CO)N1. The van der Waals surface area contributed by atoms with E-state index >= 15 is 0 Å². The summed E-state index contributed by atoms with van der Waals surface area (Å²) in [5.41, 5.74) is 3.15. The van der Waals surface area contributed by atoms with Gasteiger partial charge < -0.3 is 15.2 Å². The summed E-state index contributed by atoms with van der Waals surface area (Å²) in [5.74, 6) is 0.0695. The van der Waals surface area contributed by atoms with Crippen LogP contribution in [0.1, 0.15) is 23.7 Å². The summed E-state index contributed by atoms with van der Waals surface area (Å²) >= 11 is 0. The molecule has 0 spiro atoms. The molecular formula is C12H13NO3. The number of aliphatic hydroxyl groups excluding tert-OH is 1. The van der Waals surface area contributed by atoms with Gasteiger partial charge in [0.25, 0.3) is 0 Å². The van der Waals surface area contributed by atoms with Gasteiger partial charge in [0.2, 0.25) is 5.91 Å². The first-order chi connectivity index (χ1) is 7.79. The van der Waals surface area contributed by atoms with Crippen LogP contribution in [0.5, 0.6) is 0 Å². The van der Waals surface area contributed by atoms with Crippen LogP contribution in [0.4, 0.5) is 5.69 Å². The fourth-order valence-corrected chi connectivity index (χ4v) is 2.27. The largest absolute Gasteiger partial charge is 0.394 e. The van der Waals surface area contributed by atoms with E-state index in [1.165, 1.54) is 0 Å². The van der Waals surface area contributed by atoms with Crippen LogP contribution in [-0.2, 0) is 16.0 Å². The Balaban J connectivity index is 1.95. The molecule has 3 rings (SSSR count). The van der Waals surface area contributed by atoms with E-state index in [1.54, 1.807) is 0 Å². The maximum Gasteiger partial charge on any atom is 0.224 e. The lowest BCUT2D eigenvalue weighted by Gasteiger charge is -2.19. The van der Waals surface area contributed by atoms with E-state index in [9.17, 15) is 4.79 Å². The minimum Gasteiger partial charge on any atom is -0.394 e. The minimum atomic E-state index is -0.0656. The van der Waals surface area contributed by atoms with Crippen molar-refractivity contribution in [3.05, 3.63) is 29.3 Å². The molecule has 84 valence electrons. The van der Waals surface area contributed by atoms with E-state index in [1.807, 2.05) is 18.2 Å². The van der Waals surface area contributed by atoms with E-state index in [0.717, 1.165) is 23.2 Å². The molecule has 2 unspecified atom stereocenters. The molecule has 2 aliphatic rings. The standard InChI is InChI=1S/C12H13NO3/c14-6-10-12(16-10)8-2-1-3-9-7(8)4-5-11(15)13-9/h1-3,10,12,14H,4-6H2,(H,13,15). The monoisotopic (exact) mass is 219 g/mol. The van der Waals surface area contributed by atoms with Crippen molar-refractivity contribution in [1.29, 1.82) is 0 Å². The maximum atomic E-state index is 11.3. The van der Waals surface area contributed by atoms with Gasteiger partial charge in [-0.1, -0.05) is 12.1 Å². The van der Waals surface area contributed by atoms with Crippen LogP contribution in [0, 0.1) is 0 Å². The first-order valence-electron chi connectivity index (χ1n) is 5.47. The van der Waals surface area contributed by atoms with Crippen molar-refractivity contribution in [2.75, 3.05) is 11.9 Å². The molecule has 0 aromatic heterocycles. The number of rotatable bonds is 2. The molecule has 16 heavy (non-hydrogen) atoms. The number of benzene rings is 1. The lowest BCUT2D eigenvalue weighted by Crippen LogP contribution is -2.20. The second-order valence-electron chi connectivity index (χ2n) is 4.20. The van der Waals surface area contributed by atoms with Crippen LogP contribution in [0.3, 0.4) is 0 Å². The predicted octanol–water partition coefficient (Wildman–Crippen LogP) is 1.00. The van der Waals surface area contributed by atoms with Crippen molar-refractivity contribution in [3.63, 3.8) is 0 Å². The number of carbonyl (C=O) groups is 1. The summed E-state index contributed by atoms with van der Waals surface area (Å²) in [6, 6.07) is 5.83. The number of carbonyl (C=O) groups excluding carboxylic acids is 1. The number of fused-ring (bicyclic) bond motifs is 1. The van der Waals surface area contributed by atoms with Gasteiger partial charge in [0, 0.05) is 12.1 Å². The topological polar surface area (TPSA) is 61.9 Å². The number of epoxide rings is 1. The van der Waals surface area contributed by atoms with Gasteiger partial charge in [-0.15, -0.1) is 0 Å². The minimum absolute atomic E-state index is 0.00921. The Morgan fingerprint density at radius 1 is 1.44 bits per heavy atom. The number of nitrogens with one attached hydrogen (secondary N) is 1. The molecule has 0 radical (unpaired) electrons. The molecule has 2 aliphatic heterocycles. The molecule has 1 fully saturated rings. The number of aliphatic hydroxyl groups is 1. The lowest BCUT2D eigenvalue weighted by atomic mass is 9.94. The first kappa shape index (κ1) is 9.81. The molecule has 4 nitrogen and oxygen atoms in total. The summed E-state index contributed by atoms with van der Waals surface area (Å²) < 4.78 is 5.38. The van der Waals surface area contributed by atoms with Gasteiger partial charge in [-0.2, -0.15) is 0 Å². The molecule has 2 atom stereocenters. The van der Waals surface area contributed by atoms with Crippen molar-refractivity contribution >= 4 is 11.6 Å². The Hall–Kier alpha value is -1.39. The Morgan fingerprint density at radius 3 is 3.06 bits per heavy atom. The van der Waals surface area contributed by atoms with Crippen molar-refractivity contribution in [3.8, 4) is 0 Å². The summed E-state index contributed by atoms with van der Waals surface area (Å²) in [4.78, 5) is 11.3. The molecular weight excluding hydrogens is 206 g/mol. The van der Waals surface area contributed by atoms with Gasteiger partial charge >= 0.3 is 0 Å². The maximum absolute atomic E-state index is 11.3. The molecule has 0 bridgehead atoms. The average molecular weight is 219 g/mol. The summed E-state index contributed by atoms with van der Waals surface area (Å²) in [5, 5.41) is 11.8. The fourth-order valence-electron chi connectivity index (χ4n) is 2.27. The molecule has 0 aliphatic carbocycles. The van der Waals surface area contributed by atoms with E-state index in [0.29, 0.717) is 6.42 Å². The molecule has 2 N–H and O–H groups in total. The van der Waals surface area contributed by atoms with Crippen molar-refractivity contribution in [2.45, 2.75) is 25.0 Å². The highest BCUT2D eigenvalue weighted by molar-refractivity contribution is 5.94. The van der Waals surface area contributed by atoms with E-state index in [2.05, 4.69) is 5.32 Å². The fraction of sp³-hybridized carbons (Fsp3) is 0.417. The average Bonchev–Trinajstić information content (AvgIpc) is 3.07. The smallest absolute Gasteiger partial charge is 0.224 e. The number of hydrogen-bond acceptors (Lipinski definition) is 3. The molecule has 2 heterocycles. The second kappa shape index (κ2) is 3.57. The Bertz CT molecular complexity index is 444. The second-order valence-corrected chi connectivity index (χ2v) is 4.20. The molecule has 1 aromatic carbocycles. The summed E-state index contributed by atoms with van der Waals surface area (Å²) in [6.45, 7) is 0.0562. The third-order valence-corrected chi connectivity index (χ3v) is 3.16. The quantitative estimate of drug-likeness (QED) is 0.729. The number of anilines is 1. The number of amides is 1. The van der Waals surface area contributed by atoms with Crippen LogP contribution < -0.4 is 5.32 Å². The van der Waals surface area contributed by atoms with Gasteiger partial charge in [-0.25, -0.2) is 0 Å². The van der Waals surface area contributed by atoms with Crippen LogP contribution >= 0.6 is 0 Å². The van der Waals surface area contributed by atoms with Gasteiger partial charge in [-0.3, -0.25) is 4.79 Å². The molecule has 1 aromatic rings. The van der Waals surface area contributed by atoms with Crippen LogP contribution in [-0.4, -0.2) is 23.7 Å². The Kier molecular flexibility index (Phi) is 2.19. The number of ether oxygens (including phenoxy) is 1. The van der Waals surface area contributed by atoms with Crippen LogP contribution in [0.2, 0.25) is 0 Å². The molecule has 0 saturated carbocycles. The normalized spacial score (nSPS) is 27.2. The first-order valence-corrected chi connectivity index (χ1v) is 5.47. The predicted molar refractivity (Wildman–Crippen MR) is 58.1 cm³/mol. The van der Waals surface area contributed by atoms with Gasteiger partial charge in [0.1, 0.15) is 12.2 Å². The van der Waals surface area contributed by atoms with E-state index < -0.39 is 0 Å². The highest BCUT2D eigenvalue weighted by Gasteiger charge is 2.41. The third kappa shape index (κ3) is 1.50. The number of hydrogen-bond donors (Lipinski definition) is 2. The lowest BCUT2D eigenvalue weighted by molar-refractivity contribution is -0.116. The zero-order valence-corrected chi connectivity index (χ0v) is 8.77. The van der Waals surface area contributed by atoms with Crippen molar-refractivity contribution < 1.29 is 14.6 Å². The highest BCUT2D eigenvalue weighted by atomic mass is 16.6. The Morgan fingerprint density at radius 2 is 2.31 bits per heavy atom. The van der Waals surface area contributed by atoms with E-state index in [4.69, 9.17) is 9.84 Å². The van der Waals surface area contributed by atoms with Crippen molar-refractivity contribution in [1.82, 2.24) is 0 Å².